The molecule has 1 saturated carbocycles. The van der Waals surface area contributed by atoms with Crippen molar-refractivity contribution in [2.24, 2.45) is 5.92 Å². The van der Waals surface area contributed by atoms with Gasteiger partial charge in [0.15, 0.2) is 0 Å². The number of aromatic nitrogens is 3. The largest absolute Gasteiger partial charge is 0.478 e. The number of amides is 1. The van der Waals surface area contributed by atoms with Crippen LogP contribution in [-0.4, -0.2) is 65.5 Å². The van der Waals surface area contributed by atoms with E-state index < -0.39 is 29.5 Å². The van der Waals surface area contributed by atoms with Crippen LogP contribution < -0.4 is 9.64 Å². The molecular weight excluding hydrogens is 557 g/mol. The van der Waals surface area contributed by atoms with E-state index in [4.69, 9.17) is 14.2 Å². The number of hydrogen-bond donors (Lipinski definition) is 1. The van der Waals surface area contributed by atoms with Crippen molar-refractivity contribution >= 4 is 17.6 Å². The number of carboxylic acids is 1. The van der Waals surface area contributed by atoms with Crippen molar-refractivity contribution in [1.29, 1.82) is 0 Å². The molecule has 226 valence electrons. The number of anilines is 1. The standard InChI is InChI=1S/C29H33F3N4O6/c1-40-17-21(18-41-2)36(27(37)20-6-4-3-5-7-20)25-10-9-22(15-23(25)28(38)39)42-26-11-8-19(14-24(26)29(30,31)32)16-35-33-12-13-34-35/h8-15,20-21H,3-7,16-18H2,1-2H3,(H,38,39). The molecule has 0 saturated heterocycles. The van der Waals surface area contributed by atoms with E-state index in [1.807, 2.05) is 0 Å². The summed E-state index contributed by atoms with van der Waals surface area (Å²) < 4.78 is 58.3. The average molecular weight is 591 g/mol. The fourth-order valence-corrected chi connectivity index (χ4v) is 5.18. The van der Waals surface area contributed by atoms with Gasteiger partial charge in [-0.15, -0.1) is 0 Å². The minimum absolute atomic E-state index is 0.0171. The molecule has 1 N–H and O–H groups in total. The fourth-order valence-electron chi connectivity index (χ4n) is 5.18. The van der Waals surface area contributed by atoms with Crippen molar-refractivity contribution in [1.82, 2.24) is 15.0 Å². The van der Waals surface area contributed by atoms with Gasteiger partial charge in [0, 0.05) is 20.1 Å². The number of carbonyl (C=O) groups excluding carboxylic acids is 1. The lowest BCUT2D eigenvalue weighted by Crippen LogP contribution is -2.49. The van der Waals surface area contributed by atoms with Crippen LogP contribution in [0.1, 0.15) is 53.6 Å². The van der Waals surface area contributed by atoms with Crippen LogP contribution in [0.2, 0.25) is 0 Å². The number of rotatable bonds is 12. The number of halogens is 3. The molecule has 42 heavy (non-hydrogen) atoms. The number of ether oxygens (including phenoxy) is 3. The number of hydrogen-bond acceptors (Lipinski definition) is 7. The van der Waals surface area contributed by atoms with E-state index in [0.29, 0.717) is 18.4 Å². The molecule has 0 bridgehead atoms. The Morgan fingerprint density at radius 3 is 2.29 bits per heavy atom. The van der Waals surface area contributed by atoms with Crippen molar-refractivity contribution in [2.45, 2.75) is 50.9 Å². The maximum atomic E-state index is 14.0. The Bertz CT molecular complexity index is 1350. The SMILES string of the molecule is COCC(COC)N(C(=O)C1CCCCC1)c1ccc(Oc2ccc(Cn3nccn3)cc2C(F)(F)F)cc1C(=O)O. The van der Waals surface area contributed by atoms with Crippen molar-refractivity contribution in [2.75, 3.05) is 32.3 Å². The molecule has 13 heteroatoms. The Kier molecular flexibility index (Phi) is 10.2. The molecule has 4 rings (SSSR count). The molecular formula is C29H33F3N4O6. The summed E-state index contributed by atoms with van der Waals surface area (Å²) in [6.45, 7) is 0.182. The molecule has 3 aromatic rings. The molecule has 0 unspecified atom stereocenters. The molecule has 1 amide bonds. The van der Waals surface area contributed by atoms with Crippen LogP contribution in [0, 0.1) is 5.92 Å². The molecule has 1 aliphatic carbocycles. The van der Waals surface area contributed by atoms with Crippen LogP contribution in [0.15, 0.2) is 48.8 Å². The van der Waals surface area contributed by atoms with E-state index in [-0.39, 0.29) is 48.6 Å². The van der Waals surface area contributed by atoms with Crippen molar-refractivity contribution in [3.63, 3.8) is 0 Å². The van der Waals surface area contributed by atoms with Crippen molar-refractivity contribution in [3.05, 3.63) is 65.5 Å². The van der Waals surface area contributed by atoms with Gasteiger partial charge in [-0.3, -0.25) is 4.79 Å². The second-order valence-electron chi connectivity index (χ2n) is 10.1. The van der Waals surface area contributed by atoms with Gasteiger partial charge in [0.25, 0.3) is 0 Å². The van der Waals surface area contributed by atoms with E-state index >= 15 is 0 Å². The smallest absolute Gasteiger partial charge is 0.419 e. The molecule has 10 nitrogen and oxygen atoms in total. The third kappa shape index (κ3) is 7.45. The van der Waals surface area contributed by atoms with Gasteiger partial charge in [-0.25, -0.2) is 4.79 Å². The molecule has 1 heterocycles. The Hall–Kier alpha value is -3.97. The Morgan fingerprint density at radius 1 is 1.02 bits per heavy atom. The lowest BCUT2D eigenvalue weighted by Gasteiger charge is -2.35. The summed E-state index contributed by atoms with van der Waals surface area (Å²) in [4.78, 5) is 28.9. The predicted octanol–water partition coefficient (Wildman–Crippen LogP) is 5.41. The summed E-state index contributed by atoms with van der Waals surface area (Å²) in [7, 11) is 2.94. The summed E-state index contributed by atoms with van der Waals surface area (Å²) in [5, 5.41) is 18.0. The average Bonchev–Trinajstić information content (AvgIpc) is 3.47. The Labute approximate surface area is 241 Å². The fraction of sp³-hybridized carbons (Fsp3) is 0.448. The number of carbonyl (C=O) groups is 2. The van der Waals surface area contributed by atoms with Gasteiger partial charge in [-0.1, -0.05) is 25.3 Å². The Balaban J connectivity index is 1.71. The minimum atomic E-state index is -4.75. The number of nitrogens with zero attached hydrogens (tertiary/aromatic N) is 4. The van der Waals surface area contributed by atoms with Gasteiger partial charge < -0.3 is 24.2 Å². The summed E-state index contributed by atoms with van der Waals surface area (Å²) >= 11 is 0. The highest BCUT2D eigenvalue weighted by Gasteiger charge is 2.36. The molecule has 2 aromatic carbocycles. The number of alkyl halides is 3. The highest BCUT2D eigenvalue weighted by Crippen LogP contribution is 2.40. The summed E-state index contributed by atoms with van der Waals surface area (Å²) in [5.74, 6) is -2.55. The summed E-state index contributed by atoms with van der Waals surface area (Å²) in [6.07, 6.45) is 2.25. The van der Waals surface area contributed by atoms with Crippen LogP contribution >= 0.6 is 0 Å². The van der Waals surface area contributed by atoms with Crippen LogP contribution in [0.4, 0.5) is 18.9 Å². The van der Waals surface area contributed by atoms with Gasteiger partial charge in [-0.2, -0.15) is 28.2 Å². The molecule has 1 aromatic heterocycles. The second-order valence-corrected chi connectivity index (χ2v) is 10.1. The normalized spacial score (nSPS) is 14.2. The second kappa shape index (κ2) is 13.8. The zero-order valence-electron chi connectivity index (χ0n) is 23.3. The molecule has 0 radical (unpaired) electrons. The number of carboxylic acid groups (broad SMARTS) is 1. The van der Waals surface area contributed by atoms with Crippen LogP contribution in [0.5, 0.6) is 11.5 Å². The quantitative estimate of drug-likeness (QED) is 0.298. The third-order valence-electron chi connectivity index (χ3n) is 7.10. The van der Waals surface area contributed by atoms with E-state index in [9.17, 15) is 27.9 Å². The first-order chi connectivity index (χ1) is 20.1. The monoisotopic (exact) mass is 590 g/mol. The van der Waals surface area contributed by atoms with E-state index in [0.717, 1.165) is 31.4 Å². The first-order valence-electron chi connectivity index (χ1n) is 13.5. The third-order valence-corrected chi connectivity index (χ3v) is 7.10. The van der Waals surface area contributed by atoms with Crippen molar-refractivity contribution in [3.8, 4) is 11.5 Å². The van der Waals surface area contributed by atoms with E-state index in [2.05, 4.69) is 10.2 Å². The summed E-state index contributed by atoms with van der Waals surface area (Å²) in [6, 6.07) is 6.78. The predicted molar refractivity (Wildman–Crippen MR) is 146 cm³/mol. The summed E-state index contributed by atoms with van der Waals surface area (Å²) in [5.41, 5.74) is -0.958. The first-order valence-corrected chi connectivity index (χ1v) is 13.5. The molecule has 0 spiro atoms. The van der Waals surface area contributed by atoms with E-state index in [1.54, 1.807) is 0 Å². The number of methoxy groups -OCH3 is 2. The van der Waals surface area contributed by atoms with Gasteiger partial charge >= 0.3 is 12.1 Å². The zero-order chi connectivity index (χ0) is 30.3. The molecule has 0 aliphatic heterocycles. The first kappa shape index (κ1) is 31.0. The van der Waals surface area contributed by atoms with Gasteiger partial charge in [-0.05, 0) is 48.7 Å². The van der Waals surface area contributed by atoms with Gasteiger partial charge in [0.1, 0.15) is 11.5 Å². The highest BCUT2D eigenvalue weighted by molar-refractivity contribution is 6.03. The lowest BCUT2D eigenvalue weighted by atomic mass is 9.87. The number of benzene rings is 2. The minimum Gasteiger partial charge on any atom is -0.478 e. The van der Waals surface area contributed by atoms with E-state index in [1.165, 1.54) is 60.6 Å². The molecule has 1 fully saturated rings. The van der Waals surface area contributed by atoms with Crippen LogP contribution in [0.25, 0.3) is 0 Å². The van der Waals surface area contributed by atoms with Gasteiger partial charge in [0.2, 0.25) is 5.91 Å². The Morgan fingerprint density at radius 2 is 1.69 bits per heavy atom. The number of aromatic carboxylic acids is 1. The van der Waals surface area contributed by atoms with Crippen molar-refractivity contribution < 1.29 is 42.1 Å². The molecule has 1 aliphatic rings. The maximum Gasteiger partial charge on any atom is 0.419 e. The highest BCUT2D eigenvalue weighted by atomic mass is 19.4. The maximum absolute atomic E-state index is 14.0. The van der Waals surface area contributed by atoms with Crippen LogP contribution in [0.3, 0.4) is 0 Å². The molecule has 0 atom stereocenters. The van der Waals surface area contributed by atoms with Crippen LogP contribution in [-0.2, 0) is 27.0 Å². The lowest BCUT2D eigenvalue weighted by molar-refractivity contribution is -0.138. The topological polar surface area (TPSA) is 116 Å². The zero-order valence-corrected chi connectivity index (χ0v) is 23.3. The van der Waals surface area contributed by atoms with Gasteiger partial charge in [0.05, 0.1) is 55.0 Å².